The summed E-state index contributed by atoms with van der Waals surface area (Å²) in [7, 11) is 0. The molecule has 1 unspecified atom stereocenters. The fraction of sp³-hybridized carbons (Fsp3) is 0.393. The number of ether oxygens (including phenoxy) is 1. The number of thiophene rings is 1. The second-order valence-electron chi connectivity index (χ2n) is 9.18. The first kappa shape index (κ1) is 26.6. The summed E-state index contributed by atoms with van der Waals surface area (Å²) in [5.74, 6) is -0.393. The van der Waals surface area contributed by atoms with Crippen LogP contribution in [-0.4, -0.2) is 78.5 Å². The lowest BCUT2D eigenvalue weighted by Gasteiger charge is -2.38. The number of hydrogen-bond acceptors (Lipinski definition) is 6. The zero-order chi connectivity index (χ0) is 26.4. The van der Waals surface area contributed by atoms with Gasteiger partial charge in [0.15, 0.2) is 0 Å². The summed E-state index contributed by atoms with van der Waals surface area (Å²) in [5, 5.41) is 4.92. The molecule has 0 saturated carbocycles. The molecule has 0 bridgehead atoms. The zero-order valence-corrected chi connectivity index (χ0v) is 22.3. The van der Waals surface area contributed by atoms with Crippen LogP contribution in [0.1, 0.15) is 40.2 Å². The van der Waals surface area contributed by atoms with Crippen molar-refractivity contribution in [1.29, 1.82) is 0 Å². The smallest absolute Gasteiger partial charge is 0.338 e. The molecule has 4 rings (SSSR count). The third-order valence-corrected chi connectivity index (χ3v) is 7.46. The Hall–Kier alpha value is -3.43. The van der Waals surface area contributed by atoms with E-state index in [4.69, 9.17) is 4.74 Å². The van der Waals surface area contributed by atoms with Crippen LogP contribution in [0.3, 0.4) is 0 Å². The molecule has 0 aliphatic carbocycles. The molecule has 9 heteroatoms. The summed E-state index contributed by atoms with van der Waals surface area (Å²) >= 11 is 1.45. The SMILES string of the molecule is C=CCN1C(=O)NC(c2cccc(C)c2)C(C(=O)OCC)=C1CN1CCCN(C(=O)c2cccs2)CC1. The Labute approximate surface area is 222 Å². The molecule has 3 amide bonds. The number of amides is 3. The van der Waals surface area contributed by atoms with E-state index in [2.05, 4.69) is 16.8 Å². The molecule has 2 aromatic rings. The van der Waals surface area contributed by atoms with Gasteiger partial charge in [-0.2, -0.15) is 0 Å². The van der Waals surface area contributed by atoms with Gasteiger partial charge in [-0.05, 0) is 37.3 Å². The lowest BCUT2D eigenvalue weighted by atomic mass is 9.93. The first-order valence-electron chi connectivity index (χ1n) is 12.6. The normalized spacial score (nSPS) is 18.9. The molecule has 1 N–H and O–H groups in total. The Balaban J connectivity index is 1.66. The average Bonchev–Trinajstić information content (AvgIpc) is 3.32. The highest BCUT2D eigenvalue weighted by molar-refractivity contribution is 7.12. The van der Waals surface area contributed by atoms with Gasteiger partial charge in [0, 0.05) is 45.0 Å². The maximum Gasteiger partial charge on any atom is 0.338 e. The van der Waals surface area contributed by atoms with E-state index < -0.39 is 12.0 Å². The van der Waals surface area contributed by atoms with E-state index in [-0.39, 0.29) is 25.1 Å². The van der Waals surface area contributed by atoms with Gasteiger partial charge in [0.2, 0.25) is 0 Å². The summed E-state index contributed by atoms with van der Waals surface area (Å²) in [5.41, 5.74) is 2.92. The third kappa shape index (κ3) is 6.11. The van der Waals surface area contributed by atoms with E-state index in [9.17, 15) is 14.4 Å². The number of carbonyl (C=O) groups is 3. The lowest BCUT2D eigenvalue weighted by Crippen LogP contribution is -2.51. The predicted octanol–water partition coefficient (Wildman–Crippen LogP) is 3.97. The number of nitrogens with one attached hydrogen (secondary N) is 1. The standard InChI is InChI=1S/C28H34N4O4S/c1-4-12-32-22(19-30-13-8-14-31(16-15-30)26(33)23-11-7-17-37-23)24(27(34)36-5-2)25(29-28(32)35)21-10-6-9-20(3)18-21/h4,6-7,9-11,17-18,25H,1,5,8,12-16,19H2,2-3H3,(H,29,35). The van der Waals surface area contributed by atoms with E-state index in [1.54, 1.807) is 17.9 Å². The molecular weight excluding hydrogens is 488 g/mol. The van der Waals surface area contributed by atoms with Gasteiger partial charge in [0.05, 0.1) is 23.1 Å². The summed E-state index contributed by atoms with van der Waals surface area (Å²) in [6.07, 6.45) is 2.45. The summed E-state index contributed by atoms with van der Waals surface area (Å²) in [6, 6.07) is 10.6. The molecule has 1 aromatic heterocycles. The number of carbonyl (C=O) groups excluding carboxylic acids is 3. The number of nitrogens with zero attached hydrogens (tertiary/aromatic N) is 3. The third-order valence-electron chi connectivity index (χ3n) is 6.60. The molecule has 1 fully saturated rings. The van der Waals surface area contributed by atoms with Crippen molar-refractivity contribution in [2.24, 2.45) is 0 Å². The van der Waals surface area contributed by atoms with E-state index in [0.29, 0.717) is 37.4 Å². The maximum atomic E-state index is 13.4. The molecule has 196 valence electrons. The second kappa shape index (κ2) is 12.2. The Morgan fingerprint density at radius 1 is 1.19 bits per heavy atom. The van der Waals surface area contributed by atoms with Gasteiger partial charge in [-0.15, -0.1) is 17.9 Å². The van der Waals surface area contributed by atoms with Crippen molar-refractivity contribution in [2.45, 2.75) is 26.3 Å². The van der Waals surface area contributed by atoms with Crippen LogP contribution in [0.15, 0.2) is 65.7 Å². The highest BCUT2D eigenvalue weighted by atomic mass is 32.1. The van der Waals surface area contributed by atoms with Gasteiger partial charge in [-0.1, -0.05) is 42.0 Å². The van der Waals surface area contributed by atoms with Crippen LogP contribution < -0.4 is 5.32 Å². The first-order valence-corrected chi connectivity index (χ1v) is 13.5. The minimum atomic E-state index is -0.619. The quantitative estimate of drug-likeness (QED) is 0.419. The molecule has 8 nitrogen and oxygen atoms in total. The van der Waals surface area contributed by atoms with Crippen molar-refractivity contribution < 1.29 is 19.1 Å². The van der Waals surface area contributed by atoms with Crippen molar-refractivity contribution in [1.82, 2.24) is 20.0 Å². The van der Waals surface area contributed by atoms with Crippen LogP contribution in [0, 0.1) is 6.92 Å². The topological polar surface area (TPSA) is 82.2 Å². The van der Waals surface area contributed by atoms with Crippen molar-refractivity contribution >= 4 is 29.2 Å². The van der Waals surface area contributed by atoms with E-state index in [0.717, 1.165) is 29.0 Å². The molecular formula is C28H34N4O4S. The number of hydrogen-bond donors (Lipinski definition) is 1. The van der Waals surface area contributed by atoms with Crippen molar-refractivity contribution in [3.05, 3.63) is 81.7 Å². The van der Waals surface area contributed by atoms with Gasteiger partial charge in [0.25, 0.3) is 5.91 Å². The minimum Gasteiger partial charge on any atom is -0.463 e. The fourth-order valence-electron chi connectivity index (χ4n) is 4.85. The average molecular weight is 523 g/mol. The minimum absolute atomic E-state index is 0.0492. The molecule has 2 aliphatic rings. The van der Waals surface area contributed by atoms with Crippen molar-refractivity contribution in [3.63, 3.8) is 0 Å². The molecule has 1 atom stereocenters. The largest absolute Gasteiger partial charge is 0.463 e. The van der Waals surface area contributed by atoms with Crippen LogP contribution in [0.2, 0.25) is 0 Å². The van der Waals surface area contributed by atoms with E-state index >= 15 is 0 Å². The maximum absolute atomic E-state index is 13.4. The lowest BCUT2D eigenvalue weighted by molar-refractivity contribution is -0.139. The monoisotopic (exact) mass is 522 g/mol. The van der Waals surface area contributed by atoms with Crippen molar-refractivity contribution in [2.75, 3.05) is 45.9 Å². The first-order chi connectivity index (χ1) is 17.9. The van der Waals surface area contributed by atoms with E-state index in [1.807, 2.05) is 53.6 Å². The van der Waals surface area contributed by atoms with Crippen LogP contribution in [-0.2, 0) is 9.53 Å². The Morgan fingerprint density at radius 2 is 2.03 bits per heavy atom. The molecule has 1 aromatic carbocycles. The predicted molar refractivity (Wildman–Crippen MR) is 144 cm³/mol. The fourth-order valence-corrected chi connectivity index (χ4v) is 5.54. The Morgan fingerprint density at radius 3 is 2.73 bits per heavy atom. The zero-order valence-electron chi connectivity index (χ0n) is 21.4. The van der Waals surface area contributed by atoms with Crippen LogP contribution in [0.4, 0.5) is 4.79 Å². The number of esters is 1. The highest BCUT2D eigenvalue weighted by Gasteiger charge is 2.38. The molecule has 1 saturated heterocycles. The molecule has 0 spiro atoms. The molecule has 3 heterocycles. The number of rotatable bonds is 8. The van der Waals surface area contributed by atoms with E-state index in [1.165, 1.54) is 11.3 Å². The van der Waals surface area contributed by atoms with Crippen LogP contribution in [0.25, 0.3) is 0 Å². The number of urea groups is 1. The van der Waals surface area contributed by atoms with Gasteiger partial charge < -0.3 is 15.0 Å². The van der Waals surface area contributed by atoms with Gasteiger partial charge >= 0.3 is 12.0 Å². The molecule has 0 radical (unpaired) electrons. The van der Waals surface area contributed by atoms with Gasteiger partial charge in [0.1, 0.15) is 0 Å². The van der Waals surface area contributed by atoms with Gasteiger partial charge in [-0.3, -0.25) is 14.6 Å². The second-order valence-corrected chi connectivity index (χ2v) is 10.1. The molecule has 37 heavy (non-hydrogen) atoms. The summed E-state index contributed by atoms with van der Waals surface area (Å²) in [6.45, 7) is 11.1. The molecule has 2 aliphatic heterocycles. The highest BCUT2D eigenvalue weighted by Crippen LogP contribution is 2.32. The Kier molecular flexibility index (Phi) is 8.78. The van der Waals surface area contributed by atoms with Gasteiger partial charge in [-0.25, -0.2) is 9.59 Å². The number of benzene rings is 1. The number of aryl methyl sites for hydroxylation is 1. The summed E-state index contributed by atoms with van der Waals surface area (Å²) in [4.78, 5) is 46.0. The van der Waals surface area contributed by atoms with Crippen molar-refractivity contribution in [3.8, 4) is 0 Å². The Bertz CT molecular complexity index is 1180. The summed E-state index contributed by atoms with van der Waals surface area (Å²) < 4.78 is 5.49. The van der Waals surface area contributed by atoms with Crippen LogP contribution >= 0.6 is 11.3 Å². The van der Waals surface area contributed by atoms with Crippen LogP contribution in [0.5, 0.6) is 0 Å².